The van der Waals surface area contributed by atoms with Gasteiger partial charge in [0.15, 0.2) is 0 Å². The van der Waals surface area contributed by atoms with E-state index in [2.05, 4.69) is 4.74 Å². The third-order valence-corrected chi connectivity index (χ3v) is 3.37. The van der Waals surface area contributed by atoms with Crippen LogP contribution in [0.4, 0.5) is 22.0 Å². The highest BCUT2D eigenvalue weighted by molar-refractivity contribution is 5.91. The van der Waals surface area contributed by atoms with Gasteiger partial charge in [0.05, 0.1) is 5.56 Å². The van der Waals surface area contributed by atoms with Crippen molar-refractivity contribution in [2.75, 3.05) is 0 Å². The minimum Gasteiger partial charge on any atom is -0.416 e. The highest BCUT2D eigenvalue weighted by atomic mass is 19.2. The zero-order chi connectivity index (χ0) is 17.9. The Hall–Kier alpha value is -2.44. The molecule has 0 unspecified atom stereocenters. The molecule has 0 aliphatic heterocycles. The van der Waals surface area contributed by atoms with E-state index >= 15 is 0 Å². The summed E-state index contributed by atoms with van der Waals surface area (Å²) in [6.07, 6.45) is 2.74. The van der Waals surface area contributed by atoms with Crippen molar-refractivity contribution in [2.24, 2.45) is 0 Å². The zero-order valence-corrected chi connectivity index (χ0v) is 12.6. The molecule has 0 saturated carbocycles. The minimum atomic E-state index is -2.31. The Morgan fingerprint density at radius 1 is 0.875 bits per heavy atom. The van der Waals surface area contributed by atoms with Crippen molar-refractivity contribution in [3.63, 3.8) is 0 Å². The van der Waals surface area contributed by atoms with Crippen LogP contribution in [-0.2, 0) is 6.42 Å². The first-order chi connectivity index (χ1) is 11.4. The summed E-state index contributed by atoms with van der Waals surface area (Å²) in [6.45, 7) is 2.02. The summed E-state index contributed by atoms with van der Waals surface area (Å²) < 4.78 is 70.4. The quantitative estimate of drug-likeness (QED) is 0.252. The number of rotatable bonds is 5. The van der Waals surface area contributed by atoms with Gasteiger partial charge in [-0.3, -0.25) is 0 Å². The highest BCUT2D eigenvalue weighted by Gasteiger charge is 2.28. The monoisotopic (exact) mass is 344 g/mol. The van der Waals surface area contributed by atoms with E-state index in [9.17, 15) is 26.7 Å². The van der Waals surface area contributed by atoms with E-state index in [4.69, 9.17) is 0 Å². The maximum absolute atomic E-state index is 13.5. The SMILES string of the molecule is CCCCc1ccc(C(=O)Oc2c(F)c(F)c(F)c(F)c2F)cc1. The minimum absolute atomic E-state index is 0.0702. The van der Waals surface area contributed by atoms with Crippen molar-refractivity contribution in [1.29, 1.82) is 0 Å². The number of aryl methyl sites for hydroxylation is 1. The lowest BCUT2D eigenvalue weighted by atomic mass is 10.1. The fourth-order valence-electron chi connectivity index (χ4n) is 2.01. The molecule has 0 spiro atoms. The van der Waals surface area contributed by atoms with E-state index < -0.39 is 40.8 Å². The molecule has 0 heterocycles. The fourth-order valence-corrected chi connectivity index (χ4v) is 2.01. The molecule has 0 fully saturated rings. The van der Waals surface area contributed by atoms with Gasteiger partial charge in [0, 0.05) is 0 Å². The largest absolute Gasteiger partial charge is 0.416 e. The van der Waals surface area contributed by atoms with E-state index in [0.29, 0.717) is 0 Å². The molecular weight excluding hydrogens is 331 g/mol. The average molecular weight is 344 g/mol. The maximum atomic E-state index is 13.5. The van der Waals surface area contributed by atoms with Crippen LogP contribution in [0.1, 0.15) is 35.7 Å². The lowest BCUT2D eigenvalue weighted by molar-refractivity contribution is 0.0716. The lowest BCUT2D eigenvalue weighted by Crippen LogP contribution is -2.13. The summed E-state index contributed by atoms with van der Waals surface area (Å²) in [5.74, 6) is -13.9. The standard InChI is InChI=1S/C17H13F5O2/c1-2-3-4-9-5-7-10(8-6-9)17(23)24-16-14(21)12(19)11(18)13(20)15(16)22/h5-8H,2-4H2,1H3. The second kappa shape index (κ2) is 7.42. The molecule has 0 radical (unpaired) electrons. The first kappa shape index (κ1) is 17.9. The van der Waals surface area contributed by atoms with Crippen LogP contribution >= 0.6 is 0 Å². The second-order valence-corrected chi connectivity index (χ2v) is 5.09. The van der Waals surface area contributed by atoms with E-state index in [1.165, 1.54) is 12.1 Å². The van der Waals surface area contributed by atoms with Crippen LogP contribution < -0.4 is 4.74 Å². The van der Waals surface area contributed by atoms with E-state index in [1.807, 2.05) is 6.92 Å². The van der Waals surface area contributed by atoms with Gasteiger partial charge in [0.25, 0.3) is 0 Å². The Balaban J connectivity index is 2.24. The van der Waals surface area contributed by atoms with Gasteiger partial charge < -0.3 is 4.74 Å². The third-order valence-electron chi connectivity index (χ3n) is 3.37. The Morgan fingerprint density at radius 2 is 1.38 bits per heavy atom. The Kier molecular flexibility index (Phi) is 5.54. The number of hydrogen-bond acceptors (Lipinski definition) is 2. The molecule has 2 aromatic rings. The number of benzene rings is 2. The van der Waals surface area contributed by atoms with Gasteiger partial charge in [-0.05, 0) is 30.5 Å². The molecule has 2 rings (SSSR count). The molecule has 0 aliphatic rings. The molecule has 2 nitrogen and oxygen atoms in total. The summed E-state index contributed by atoms with van der Waals surface area (Å²) >= 11 is 0. The lowest BCUT2D eigenvalue weighted by Gasteiger charge is -2.09. The Morgan fingerprint density at radius 3 is 1.88 bits per heavy atom. The molecule has 7 heteroatoms. The topological polar surface area (TPSA) is 26.3 Å². The molecule has 0 N–H and O–H groups in total. The molecule has 0 aromatic heterocycles. The summed E-state index contributed by atoms with van der Waals surface area (Å²) in [5.41, 5.74) is 0.879. The molecule has 24 heavy (non-hydrogen) atoms. The number of halogens is 5. The van der Waals surface area contributed by atoms with Gasteiger partial charge >= 0.3 is 5.97 Å². The predicted molar refractivity (Wildman–Crippen MR) is 76.2 cm³/mol. The Bertz CT molecular complexity index is 728. The summed E-state index contributed by atoms with van der Waals surface area (Å²) in [7, 11) is 0. The Labute approximate surface area is 134 Å². The van der Waals surface area contributed by atoms with E-state index in [1.54, 1.807) is 12.1 Å². The summed E-state index contributed by atoms with van der Waals surface area (Å²) in [6, 6.07) is 5.98. The number of carbonyl (C=O) groups is 1. The average Bonchev–Trinajstić information content (AvgIpc) is 2.60. The number of esters is 1. The first-order valence-electron chi connectivity index (χ1n) is 7.19. The summed E-state index contributed by atoms with van der Waals surface area (Å²) in [4.78, 5) is 11.9. The van der Waals surface area contributed by atoms with Gasteiger partial charge in [0.1, 0.15) is 0 Å². The number of unbranched alkanes of at least 4 members (excludes halogenated alkanes) is 1. The van der Waals surface area contributed by atoms with Gasteiger partial charge in [-0.25, -0.2) is 18.0 Å². The van der Waals surface area contributed by atoms with Crippen LogP contribution in [-0.4, -0.2) is 5.97 Å². The predicted octanol–water partition coefficient (Wildman–Crippen LogP) is 4.94. The van der Waals surface area contributed by atoms with Crippen LogP contribution in [0.5, 0.6) is 5.75 Å². The van der Waals surface area contributed by atoms with Crippen LogP contribution in [0.15, 0.2) is 24.3 Å². The molecule has 2 aromatic carbocycles. The second-order valence-electron chi connectivity index (χ2n) is 5.09. The molecule has 0 bridgehead atoms. The first-order valence-corrected chi connectivity index (χ1v) is 7.19. The zero-order valence-electron chi connectivity index (χ0n) is 12.6. The molecule has 0 aliphatic carbocycles. The summed E-state index contributed by atoms with van der Waals surface area (Å²) in [5, 5.41) is 0. The van der Waals surface area contributed by atoms with Crippen molar-refractivity contribution in [2.45, 2.75) is 26.2 Å². The van der Waals surface area contributed by atoms with Gasteiger partial charge in [-0.2, -0.15) is 8.78 Å². The van der Waals surface area contributed by atoms with Gasteiger partial charge in [0.2, 0.25) is 34.8 Å². The fraction of sp³-hybridized carbons (Fsp3) is 0.235. The van der Waals surface area contributed by atoms with E-state index in [0.717, 1.165) is 24.8 Å². The molecule has 0 saturated heterocycles. The molecular formula is C17H13F5O2. The van der Waals surface area contributed by atoms with Gasteiger partial charge in [-0.15, -0.1) is 0 Å². The third kappa shape index (κ3) is 3.55. The molecule has 128 valence electrons. The van der Waals surface area contributed by atoms with Crippen molar-refractivity contribution >= 4 is 5.97 Å². The number of carbonyl (C=O) groups excluding carboxylic acids is 1. The number of ether oxygens (including phenoxy) is 1. The van der Waals surface area contributed by atoms with Crippen molar-refractivity contribution in [3.8, 4) is 5.75 Å². The van der Waals surface area contributed by atoms with Crippen LogP contribution in [0.25, 0.3) is 0 Å². The van der Waals surface area contributed by atoms with Crippen LogP contribution in [0, 0.1) is 29.1 Å². The number of hydrogen-bond donors (Lipinski definition) is 0. The van der Waals surface area contributed by atoms with Crippen molar-refractivity contribution in [3.05, 3.63) is 64.5 Å². The van der Waals surface area contributed by atoms with Crippen LogP contribution in [0.3, 0.4) is 0 Å². The van der Waals surface area contributed by atoms with Crippen LogP contribution in [0.2, 0.25) is 0 Å². The van der Waals surface area contributed by atoms with E-state index in [-0.39, 0.29) is 5.56 Å². The van der Waals surface area contributed by atoms with Crippen molar-refractivity contribution < 1.29 is 31.5 Å². The van der Waals surface area contributed by atoms with Gasteiger partial charge in [-0.1, -0.05) is 25.5 Å². The molecule has 0 atom stereocenters. The maximum Gasteiger partial charge on any atom is 0.343 e. The smallest absolute Gasteiger partial charge is 0.343 e. The normalized spacial score (nSPS) is 10.8. The highest BCUT2D eigenvalue weighted by Crippen LogP contribution is 2.29. The van der Waals surface area contributed by atoms with Crippen molar-refractivity contribution in [1.82, 2.24) is 0 Å². The molecule has 0 amide bonds.